The van der Waals surface area contributed by atoms with Gasteiger partial charge in [0.05, 0.1) is 11.0 Å². The summed E-state index contributed by atoms with van der Waals surface area (Å²) in [7, 11) is 0. The first kappa shape index (κ1) is 38.5. The highest BCUT2D eigenvalue weighted by molar-refractivity contribution is 6.20. The molecule has 2 nitrogen and oxygen atoms in total. The van der Waals surface area contributed by atoms with Gasteiger partial charge >= 0.3 is 0 Å². The van der Waals surface area contributed by atoms with E-state index < -0.39 is 0 Å². The molecule has 65 heavy (non-hydrogen) atoms. The van der Waals surface area contributed by atoms with Crippen molar-refractivity contribution < 1.29 is 0 Å². The zero-order valence-corrected chi connectivity index (χ0v) is 36.5. The lowest BCUT2D eigenvalue weighted by atomic mass is 9.82. The third-order valence-corrected chi connectivity index (χ3v) is 13.6. The minimum Gasteiger partial charge on any atom is -0.310 e. The summed E-state index contributed by atoms with van der Waals surface area (Å²) < 4.78 is 2.49. The van der Waals surface area contributed by atoms with E-state index in [1.165, 1.54) is 88.6 Å². The second kappa shape index (κ2) is 15.6. The topological polar surface area (TPSA) is 8.17 Å². The molecule has 0 fully saturated rings. The van der Waals surface area contributed by atoms with E-state index in [0.717, 1.165) is 22.7 Å². The molecule has 2 heteroatoms. The molecule has 0 amide bonds. The standard InChI is InChI=1S/C63H46N2/c1-63(2)58-26-16-15-25-55(58)56-37-36-52(42-59(56)63)64(49-30-27-45(28-31-49)43-17-7-3-8-18-43)50-32-34-51(35-33-50)65-60-40-29-48(44-19-9-4-10-20-44)41-57(60)61-53(46-21-11-5-12-22-46)38-39-54(62(61)65)47-23-13-6-14-24-47/h3-42H,1-2H3. The number of rotatable bonds is 8. The van der Waals surface area contributed by atoms with Crippen LogP contribution in [-0.2, 0) is 5.41 Å². The first-order valence-electron chi connectivity index (χ1n) is 22.6. The Labute approximate surface area is 381 Å². The van der Waals surface area contributed by atoms with Gasteiger partial charge in [-0.2, -0.15) is 0 Å². The second-order valence-corrected chi connectivity index (χ2v) is 17.7. The van der Waals surface area contributed by atoms with Crippen molar-refractivity contribution in [1.82, 2.24) is 4.57 Å². The van der Waals surface area contributed by atoms with Crippen LogP contribution in [0, 0.1) is 0 Å². The molecule has 0 aliphatic heterocycles. The Morgan fingerprint density at radius 1 is 0.338 bits per heavy atom. The van der Waals surface area contributed by atoms with Crippen molar-refractivity contribution in [3.63, 3.8) is 0 Å². The molecule has 1 aromatic heterocycles. The molecule has 1 aliphatic carbocycles. The average Bonchev–Trinajstić information content (AvgIpc) is 3.83. The molecule has 0 saturated carbocycles. The first-order valence-corrected chi connectivity index (χ1v) is 22.6. The van der Waals surface area contributed by atoms with Crippen LogP contribution >= 0.6 is 0 Å². The van der Waals surface area contributed by atoms with Crippen LogP contribution in [-0.4, -0.2) is 4.57 Å². The van der Waals surface area contributed by atoms with Crippen LogP contribution in [0.25, 0.3) is 83.1 Å². The van der Waals surface area contributed by atoms with Crippen molar-refractivity contribution in [1.29, 1.82) is 0 Å². The number of nitrogens with zero attached hydrogens (tertiary/aromatic N) is 2. The Kier molecular flexibility index (Phi) is 9.21. The van der Waals surface area contributed by atoms with E-state index in [9.17, 15) is 0 Å². The summed E-state index contributed by atoms with van der Waals surface area (Å²) in [6, 6.07) is 88.8. The molecule has 0 atom stereocenters. The van der Waals surface area contributed by atoms with Crippen molar-refractivity contribution in [2.75, 3.05) is 4.90 Å². The van der Waals surface area contributed by atoms with Gasteiger partial charge in [-0.15, -0.1) is 0 Å². The molecule has 0 unspecified atom stereocenters. The fourth-order valence-electron chi connectivity index (χ4n) is 10.4. The Morgan fingerprint density at radius 2 is 0.800 bits per heavy atom. The van der Waals surface area contributed by atoms with Gasteiger partial charge in [0.1, 0.15) is 0 Å². The molecule has 0 bridgehead atoms. The fourth-order valence-corrected chi connectivity index (χ4v) is 10.4. The monoisotopic (exact) mass is 830 g/mol. The number of aromatic nitrogens is 1. The largest absolute Gasteiger partial charge is 0.310 e. The zero-order chi connectivity index (χ0) is 43.5. The number of fused-ring (bicyclic) bond motifs is 6. The smallest absolute Gasteiger partial charge is 0.0625 e. The SMILES string of the molecule is CC1(C)c2ccccc2-c2ccc(N(c3ccc(-c4ccccc4)cc3)c3ccc(-n4c5ccc(-c6ccccc6)cc5c5c(-c6ccccc6)ccc(-c6ccccc6)c54)cc3)cc21. The third kappa shape index (κ3) is 6.49. The van der Waals surface area contributed by atoms with E-state index in [-0.39, 0.29) is 5.41 Å². The molecule has 1 aliphatic rings. The van der Waals surface area contributed by atoms with E-state index in [4.69, 9.17) is 0 Å². The first-order chi connectivity index (χ1) is 32.0. The quantitative estimate of drug-likeness (QED) is 0.148. The van der Waals surface area contributed by atoms with E-state index >= 15 is 0 Å². The molecule has 1 heterocycles. The number of benzene rings is 10. The Balaban J connectivity index is 1.06. The molecule has 11 aromatic rings. The summed E-state index contributed by atoms with van der Waals surface area (Å²) in [5.74, 6) is 0. The Bertz CT molecular complexity index is 3510. The summed E-state index contributed by atoms with van der Waals surface area (Å²) in [6.45, 7) is 4.72. The van der Waals surface area contributed by atoms with Crippen LogP contribution in [0.2, 0.25) is 0 Å². The predicted octanol–water partition coefficient (Wildman–Crippen LogP) is 17.2. The van der Waals surface area contributed by atoms with Crippen molar-refractivity contribution in [2.24, 2.45) is 0 Å². The molecule has 0 spiro atoms. The molecule has 0 N–H and O–H groups in total. The highest BCUT2D eigenvalue weighted by atomic mass is 15.1. The van der Waals surface area contributed by atoms with E-state index in [0.29, 0.717) is 0 Å². The summed E-state index contributed by atoms with van der Waals surface area (Å²) in [4.78, 5) is 2.42. The van der Waals surface area contributed by atoms with Gasteiger partial charge in [0, 0.05) is 44.5 Å². The molecule has 10 aromatic carbocycles. The highest BCUT2D eigenvalue weighted by Gasteiger charge is 2.35. The average molecular weight is 831 g/mol. The molecule has 12 rings (SSSR count). The zero-order valence-electron chi connectivity index (χ0n) is 36.5. The molecule has 308 valence electrons. The maximum atomic E-state index is 2.49. The van der Waals surface area contributed by atoms with Crippen LogP contribution < -0.4 is 4.90 Å². The van der Waals surface area contributed by atoms with Crippen molar-refractivity contribution in [2.45, 2.75) is 19.3 Å². The van der Waals surface area contributed by atoms with Gasteiger partial charge in [-0.05, 0) is 122 Å². The summed E-state index contributed by atoms with van der Waals surface area (Å²) in [5.41, 5.74) is 21.7. The maximum Gasteiger partial charge on any atom is 0.0625 e. The van der Waals surface area contributed by atoms with Gasteiger partial charge in [-0.3, -0.25) is 0 Å². The van der Waals surface area contributed by atoms with Gasteiger partial charge in [0.2, 0.25) is 0 Å². The van der Waals surface area contributed by atoms with Gasteiger partial charge in [-0.1, -0.05) is 196 Å². The molecule has 0 saturated heterocycles. The maximum absolute atomic E-state index is 2.49. The minimum atomic E-state index is -0.124. The van der Waals surface area contributed by atoms with Crippen LogP contribution in [0.1, 0.15) is 25.0 Å². The van der Waals surface area contributed by atoms with Gasteiger partial charge in [0.15, 0.2) is 0 Å². The number of hydrogen-bond acceptors (Lipinski definition) is 1. The van der Waals surface area contributed by atoms with Crippen molar-refractivity contribution >= 4 is 38.9 Å². The third-order valence-electron chi connectivity index (χ3n) is 13.6. The lowest BCUT2D eigenvalue weighted by Crippen LogP contribution is -2.16. The van der Waals surface area contributed by atoms with Gasteiger partial charge in [0.25, 0.3) is 0 Å². The van der Waals surface area contributed by atoms with E-state index in [2.05, 4.69) is 266 Å². The summed E-state index contributed by atoms with van der Waals surface area (Å²) >= 11 is 0. The van der Waals surface area contributed by atoms with E-state index in [1.807, 2.05) is 0 Å². The minimum absolute atomic E-state index is 0.124. The predicted molar refractivity (Wildman–Crippen MR) is 275 cm³/mol. The van der Waals surface area contributed by atoms with Crippen molar-refractivity contribution in [3.8, 4) is 61.3 Å². The van der Waals surface area contributed by atoms with Crippen LogP contribution in [0.15, 0.2) is 243 Å². The summed E-state index contributed by atoms with van der Waals surface area (Å²) in [5, 5.41) is 2.47. The van der Waals surface area contributed by atoms with Crippen LogP contribution in [0.5, 0.6) is 0 Å². The van der Waals surface area contributed by atoms with E-state index in [1.54, 1.807) is 0 Å². The Hall–Kier alpha value is -8.20. The number of hydrogen-bond donors (Lipinski definition) is 0. The lowest BCUT2D eigenvalue weighted by molar-refractivity contribution is 0.660. The van der Waals surface area contributed by atoms with Crippen molar-refractivity contribution in [3.05, 3.63) is 254 Å². The van der Waals surface area contributed by atoms with Gasteiger partial charge in [-0.25, -0.2) is 0 Å². The summed E-state index contributed by atoms with van der Waals surface area (Å²) in [6.07, 6.45) is 0. The van der Waals surface area contributed by atoms with Crippen LogP contribution in [0.3, 0.4) is 0 Å². The Morgan fingerprint density at radius 3 is 1.45 bits per heavy atom. The number of anilines is 3. The molecule has 0 radical (unpaired) electrons. The highest BCUT2D eigenvalue weighted by Crippen LogP contribution is 2.51. The second-order valence-electron chi connectivity index (χ2n) is 17.7. The molecular weight excluding hydrogens is 785 g/mol. The molecular formula is C63H46N2. The fraction of sp³-hybridized carbons (Fsp3) is 0.0476. The normalized spacial score (nSPS) is 12.6. The lowest BCUT2D eigenvalue weighted by Gasteiger charge is -2.28. The van der Waals surface area contributed by atoms with Gasteiger partial charge < -0.3 is 9.47 Å². The van der Waals surface area contributed by atoms with Crippen LogP contribution in [0.4, 0.5) is 17.1 Å².